The molecule has 0 saturated carbocycles. The van der Waals surface area contributed by atoms with Gasteiger partial charge in [-0.05, 0) is 12.8 Å². The van der Waals surface area contributed by atoms with Crippen LogP contribution in [0.5, 0.6) is 0 Å². The van der Waals surface area contributed by atoms with E-state index in [9.17, 15) is 4.79 Å². The Morgan fingerprint density at radius 2 is 2.21 bits per heavy atom. The van der Waals surface area contributed by atoms with Crippen molar-refractivity contribution in [2.45, 2.75) is 45.1 Å². The van der Waals surface area contributed by atoms with Gasteiger partial charge in [-0.1, -0.05) is 38.2 Å². The number of anilines is 1. The summed E-state index contributed by atoms with van der Waals surface area (Å²) in [5.74, 6) is -0.221. The third-order valence-electron chi connectivity index (χ3n) is 2.67. The van der Waals surface area contributed by atoms with E-state index in [0.717, 1.165) is 11.4 Å². The minimum Gasteiger partial charge on any atom is -0.320 e. The normalized spacial score (nSPS) is 12.4. The molecule has 1 heterocycles. The molecule has 7 heteroatoms. The molecule has 0 spiro atoms. The molecule has 1 atom stereocenters. The fraction of sp³-hybridized carbons (Fsp3) is 0.583. The van der Waals surface area contributed by atoms with E-state index in [1.165, 1.54) is 11.3 Å². The monoisotopic (exact) mass is 304 g/mol. The van der Waals surface area contributed by atoms with Crippen LogP contribution in [0, 0.1) is 0 Å². The standard InChI is InChI=1S/C12H20N4OS.ClH/c1-5-7-12(3,4)10-15-16-11(18-10)14-9(17)8(13)6-2;/h5,8H,1,6-7,13H2,2-4H3,(H,14,16,17);1H. The highest BCUT2D eigenvalue weighted by atomic mass is 35.5. The van der Waals surface area contributed by atoms with Gasteiger partial charge < -0.3 is 5.73 Å². The molecular weight excluding hydrogens is 284 g/mol. The van der Waals surface area contributed by atoms with Gasteiger partial charge in [0, 0.05) is 5.41 Å². The van der Waals surface area contributed by atoms with Gasteiger partial charge in [0.1, 0.15) is 5.01 Å². The molecular formula is C12H21ClN4OS. The highest BCUT2D eigenvalue weighted by Gasteiger charge is 2.24. The van der Waals surface area contributed by atoms with E-state index in [1.807, 2.05) is 13.0 Å². The van der Waals surface area contributed by atoms with Gasteiger partial charge in [0.2, 0.25) is 11.0 Å². The van der Waals surface area contributed by atoms with Crippen molar-refractivity contribution in [3.05, 3.63) is 17.7 Å². The zero-order valence-electron chi connectivity index (χ0n) is 11.5. The maximum atomic E-state index is 11.6. The number of rotatable bonds is 6. The van der Waals surface area contributed by atoms with E-state index in [2.05, 4.69) is 35.9 Å². The lowest BCUT2D eigenvalue weighted by atomic mass is 9.90. The number of nitrogens with one attached hydrogen (secondary N) is 1. The summed E-state index contributed by atoms with van der Waals surface area (Å²) in [6.07, 6.45) is 3.26. The number of nitrogens with two attached hydrogens (primary N) is 1. The number of carbonyl (C=O) groups excluding carboxylic acids is 1. The predicted molar refractivity (Wildman–Crippen MR) is 81.9 cm³/mol. The van der Waals surface area contributed by atoms with Crippen LogP contribution in [0.25, 0.3) is 0 Å². The molecule has 1 aromatic rings. The summed E-state index contributed by atoms with van der Waals surface area (Å²) in [6, 6.07) is -0.501. The van der Waals surface area contributed by atoms with Crippen molar-refractivity contribution in [1.29, 1.82) is 0 Å². The van der Waals surface area contributed by atoms with Crippen LogP contribution in [0.2, 0.25) is 0 Å². The SMILES string of the molecule is C=CCC(C)(C)c1nnc(NC(=O)C(N)CC)s1.Cl. The Morgan fingerprint density at radius 3 is 2.74 bits per heavy atom. The first kappa shape index (κ1) is 18.0. The first-order valence-corrected chi connectivity index (χ1v) is 6.73. The Kier molecular flexibility index (Phi) is 7.18. The minimum atomic E-state index is -0.501. The lowest BCUT2D eigenvalue weighted by molar-refractivity contribution is -0.117. The van der Waals surface area contributed by atoms with Crippen LogP contribution in [-0.4, -0.2) is 22.1 Å². The molecule has 5 nitrogen and oxygen atoms in total. The van der Waals surface area contributed by atoms with E-state index in [-0.39, 0.29) is 23.7 Å². The maximum Gasteiger partial charge on any atom is 0.243 e. The summed E-state index contributed by atoms with van der Waals surface area (Å²) in [6.45, 7) is 9.73. The van der Waals surface area contributed by atoms with Gasteiger partial charge in [0.05, 0.1) is 6.04 Å². The third kappa shape index (κ3) is 4.89. The van der Waals surface area contributed by atoms with Crippen LogP contribution in [0.4, 0.5) is 5.13 Å². The molecule has 0 aliphatic rings. The fourth-order valence-electron chi connectivity index (χ4n) is 1.38. The number of hydrogen-bond donors (Lipinski definition) is 2. The van der Waals surface area contributed by atoms with Crippen molar-refractivity contribution < 1.29 is 4.79 Å². The van der Waals surface area contributed by atoms with Gasteiger partial charge in [-0.3, -0.25) is 10.1 Å². The summed E-state index contributed by atoms with van der Waals surface area (Å²) in [4.78, 5) is 11.6. The van der Waals surface area contributed by atoms with Gasteiger partial charge in [-0.15, -0.1) is 29.2 Å². The number of hydrogen-bond acceptors (Lipinski definition) is 5. The van der Waals surface area contributed by atoms with Gasteiger partial charge in [0.25, 0.3) is 0 Å². The summed E-state index contributed by atoms with van der Waals surface area (Å²) >= 11 is 1.38. The van der Waals surface area contributed by atoms with Crippen molar-refractivity contribution in [2.75, 3.05) is 5.32 Å². The van der Waals surface area contributed by atoms with Crippen molar-refractivity contribution in [3.8, 4) is 0 Å². The highest BCUT2D eigenvalue weighted by molar-refractivity contribution is 7.15. The molecule has 0 radical (unpaired) electrons. The smallest absolute Gasteiger partial charge is 0.243 e. The summed E-state index contributed by atoms with van der Waals surface area (Å²) in [5.41, 5.74) is 5.52. The molecule has 0 bridgehead atoms. The van der Waals surface area contributed by atoms with Crippen molar-refractivity contribution in [3.63, 3.8) is 0 Å². The van der Waals surface area contributed by atoms with Gasteiger partial charge in [0.15, 0.2) is 0 Å². The molecule has 3 N–H and O–H groups in total. The highest BCUT2D eigenvalue weighted by Crippen LogP contribution is 2.31. The largest absolute Gasteiger partial charge is 0.320 e. The average molecular weight is 305 g/mol. The Balaban J connectivity index is 0.00000324. The van der Waals surface area contributed by atoms with E-state index in [0.29, 0.717) is 11.6 Å². The van der Waals surface area contributed by atoms with Crippen LogP contribution in [0.3, 0.4) is 0 Å². The lowest BCUT2D eigenvalue weighted by Crippen LogP contribution is -2.34. The van der Waals surface area contributed by atoms with Gasteiger partial charge in [-0.25, -0.2) is 0 Å². The van der Waals surface area contributed by atoms with E-state index in [1.54, 1.807) is 0 Å². The maximum absolute atomic E-state index is 11.6. The first-order chi connectivity index (χ1) is 8.40. The van der Waals surface area contributed by atoms with Crippen LogP contribution in [0.15, 0.2) is 12.7 Å². The number of halogens is 1. The van der Waals surface area contributed by atoms with Crippen LogP contribution < -0.4 is 11.1 Å². The van der Waals surface area contributed by atoms with Gasteiger partial charge >= 0.3 is 0 Å². The molecule has 0 aliphatic heterocycles. The summed E-state index contributed by atoms with van der Waals surface area (Å²) in [7, 11) is 0. The zero-order valence-corrected chi connectivity index (χ0v) is 13.1. The number of aromatic nitrogens is 2. The average Bonchev–Trinajstić information content (AvgIpc) is 2.77. The molecule has 0 aromatic carbocycles. The topological polar surface area (TPSA) is 80.9 Å². The minimum absolute atomic E-state index is 0. The van der Waals surface area contributed by atoms with E-state index < -0.39 is 6.04 Å². The zero-order chi connectivity index (χ0) is 13.8. The van der Waals surface area contributed by atoms with E-state index >= 15 is 0 Å². The first-order valence-electron chi connectivity index (χ1n) is 5.92. The Hall–Kier alpha value is -0.980. The van der Waals surface area contributed by atoms with Crippen LogP contribution in [-0.2, 0) is 10.2 Å². The molecule has 1 aromatic heterocycles. The molecule has 0 fully saturated rings. The summed E-state index contributed by atoms with van der Waals surface area (Å²) < 4.78 is 0. The van der Waals surface area contributed by atoms with Gasteiger partial charge in [-0.2, -0.15) is 0 Å². The number of nitrogens with zero attached hydrogens (tertiary/aromatic N) is 2. The number of amides is 1. The van der Waals surface area contributed by atoms with Crippen molar-refractivity contribution in [2.24, 2.45) is 5.73 Å². The summed E-state index contributed by atoms with van der Waals surface area (Å²) in [5, 5.41) is 12.1. The molecule has 19 heavy (non-hydrogen) atoms. The van der Waals surface area contributed by atoms with Crippen molar-refractivity contribution in [1.82, 2.24) is 10.2 Å². The fourth-order valence-corrected chi connectivity index (χ4v) is 2.24. The quantitative estimate of drug-likeness (QED) is 0.791. The number of carbonyl (C=O) groups is 1. The molecule has 0 aliphatic carbocycles. The second-order valence-corrected chi connectivity index (χ2v) is 5.77. The second kappa shape index (κ2) is 7.57. The van der Waals surface area contributed by atoms with Crippen LogP contribution in [0.1, 0.15) is 38.6 Å². The third-order valence-corrected chi connectivity index (χ3v) is 3.87. The predicted octanol–water partition coefficient (Wildman–Crippen LogP) is 2.49. The lowest BCUT2D eigenvalue weighted by Gasteiger charge is -2.18. The molecule has 0 saturated heterocycles. The molecule has 108 valence electrons. The number of allylic oxidation sites excluding steroid dienone is 1. The molecule has 1 unspecified atom stereocenters. The van der Waals surface area contributed by atoms with E-state index in [4.69, 9.17) is 5.73 Å². The Labute approximate surface area is 124 Å². The van der Waals surface area contributed by atoms with Crippen LogP contribution >= 0.6 is 23.7 Å². The second-order valence-electron chi connectivity index (χ2n) is 4.79. The molecule has 1 rings (SSSR count). The van der Waals surface area contributed by atoms with Crippen molar-refractivity contribution >= 4 is 34.8 Å². The Bertz CT molecular complexity index is 433. The Morgan fingerprint density at radius 1 is 1.58 bits per heavy atom. The molecule has 1 amide bonds.